The number of carbonyl (C=O) groups excluding carboxylic acids is 1. The van der Waals surface area contributed by atoms with E-state index in [2.05, 4.69) is 0 Å². The minimum Gasteiger partial charge on any atom is -0.459 e. The summed E-state index contributed by atoms with van der Waals surface area (Å²) in [4.78, 5) is 12.1. The van der Waals surface area contributed by atoms with Crippen molar-refractivity contribution in [1.82, 2.24) is 0 Å². The highest BCUT2D eigenvalue weighted by Gasteiger charge is 2.22. The summed E-state index contributed by atoms with van der Waals surface area (Å²) in [5.41, 5.74) is 0.769. The number of hydrogen-bond donors (Lipinski definition) is 0. The molecular formula is C14H17ClO5S. The first-order chi connectivity index (χ1) is 9.91. The van der Waals surface area contributed by atoms with Crippen LogP contribution in [0.2, 0.25) is 0 Å². The summed E-state index contributed by atoms with van der Waals surface area (Å²) in [6.45, 7) is 2.95. The predicted molar refractivity (Wildman–Crippen MR) is 78.1 cm³/mol. The second-order valence-electron chi connectivity index (χ2n) is 4.83. The first-order valence-corrected chi connectivity index (χ1v) is 9.09. The molecule has 1 heterocycles. The van der Waals surface area contributed by atoms with Crippen molar-refractivity contribution in [3.63, 3.8) is 0 Å². The molecule has 1 aliphatic rings. The molecule has 0 spiro atoms. The van der Waals surface area contributed by atoms with Crippen LogP contribution in [0, 0.1) is 0 Å². The molecule has 1 aromatic carbocycles. The minimum absolute atomic E-state index is 0.0342. The van der Waals surface area contributed by atoms with E-state index in [1.165, 1.54) is 6.07 Å². The third-order valence-corrected chi connectivity index (χ3v) is 4.79. The monoisotopic (exact) mass is 332 g/mol. The standard InChI is InChI=1S/C14H17ClO5S/c1-2-10-3-4-11(9-13(10)21(15,17)18)14(16)20-12-5-7-19-8-6-12/h3-4,9,12H,2,5-8H2,1H3. The highest BCUT2D eigenvalue weighted by atomic mass is 35.7. The Kier molecular flexibility index (Phi) is 5.24. The van der Waals surface area contributed by atoms with Crippen molar-refractivity contribution in [3.05, 3.63) is 29.3 Å². The topological polar surface area (TPSA) is 69.7 Å². The Hall–Kier alpha value is -1.11. The summed E-state index contributed by atoms with van der Waals surface area (Å²) < 4.78 is 33.7. The molecule has 21 heavy (non-hydrogen) atoms. The molecule has 0 saturated carbocycles. The van der Waals surface area contributed by atoms with Gasteiger partial charge in [-0.15, -0.1) is 0 Å². The predicted octanol–water partition coefficient (Wildman–Crippen LogP) is 2.51. The van der Waals surface area contributed by atoms with Crippen LogP contribution in [0.5, 0.6) is 0 Å². The molecule has 116 valence electrons. The van der Waals surface area contributed by atoms with Crippen molar-refractivity contribution < 1.29 is 22.7 Å². The summed E-state index contributed by atoms with van der Waals surface area (Å²) in [6, 6.07) is 4.44. The molecule has 0 aliphatic carbocycles. The third-order valence-electron chi connectivity index (χ3n) is 3.39. The Morgan fingerprint density at radius 2 is 2.05 bits per heavy atom. The zero-order chi connectivity index (χ0) is 15.5. The average Bonchev–Trinajstić information content (AvgIpc) is 2.46. The molecule has 5 nitrogen and oxygen atoms in total. The number of carbonyl (C=O) groups is 1. The maximum absolute atomic E-state index is 12.1. The summed E-state index contributed by atoms with van der Waals surface area (Å²) in [5.74, 6) is -0.536. The van der Waals surface area contributed by atoms with Gasteiger partial charge >= 0.3 is 5.97 Å². The molecule has 0 radical (unpaired) electrons. The fourth-order valence-electron chi connectivity index (χ4n) is 2.21. The normalized spacial score (nSPS) is 16.7. The van der Waals surface area contributed by atoms with Crippen LogP contribution in [0.1, 0.15) is 35.7 Å². The molecule has 1 aliphatic heterocycles. The van der Waals surface area contributed by atoms with Gasteiger partial charge in [-0.1, -0.05) is 13.0 Å². The van der Waals surface area contributed by atoms with Gasteiger partial charge in [0.1, 0.15) is 6.10 Å². The molecule has 0 unspecified atom stereocenters. The highest BCUT2D eigenvalue weighted by molar-refractivity contribution is 8.13. The molecule has 7 heteroatoms. The lowest BCUT2D eigenvalue weighted by Crippen LogP contribution is -2.26. The van der Waals surface area contributed by atoms with E-state index in [-0.39, 0.29) is 16.6 Å². The number of aryl methyl sites for hydroxylation is 1. The molecule has 1 fully saturated rings. The van der Waals surface area contributed by atoms with E-state index in [4.69, 9.17) is 20.2 Å². The van der Waals surface area contributed by atoms with Gasteiger partial charge in [0.25, 0.3) is 9.05 Å². The molecule has 0 bridgehead atoms. The van der Waals surface area contributed by atoms with Crippen molar-refractivity contribution in [2.45, 2.75) is 37.2 Å². The fourth-order valence-corrected chi connectivity index (χ4v) is 3.44. The molecule has 0 aromatic heterocycles. The first kappa shape index (κ1) is 16.3. The molecule has 1 saturated heterocycles. The Bertz CT molecular complexity index is 620. The summed E-state index contributed by atoms with van der Waals surface area (Å²) in [6.07, 6.45) is 1.63. The number of esters is 1. The SMILES string of the molecule is CCc1ccc(C(=O)OC2CCOCC2)cc1S(=O)(=O)Cl. The zero-order valence-electron chi connectivity index (χ0n) is 11.7. The summed E-state index contributed by atoms with van der Waals surface area (Å²) >= 11 is 0. The molecule has 1 aromatic rings. The largest absolute Gasteiger partial charge is 0.459 e. The minimum atomic E-state index is -3.89. The van der Waals surface area contributed by atoms with Gasteiger partial charge < -0.3 is 9.47 Å². The average molecular weight is 333 g/mol. The van der Waals surface area contributed by atoms with Crippen LogP contribution < -0.4 is 0 Å². The molecular weight excluding hydrogens is 316 g/mol. The van der Waals surface area contributed by atoms with Gasteiger partial charge in [-0.25, -0.2) is 13.2 Å². The van der Waals surface area contributed by atoms with Crippen molar-refractivity contribution in [3.8, 4) is 0 Å². The fraction of sp³-hybridized carbons (Fsp3) is 0.500. The zero-order valence-corrected chi connectivity index (χ0v) is 13.2. The van der Waals surface area contributed by atoms with Gasteiger partial charge in [-0.05, 0) is 24.1 Å². The third kappa shape index (κ3) is 4.18. The molecule has 0 atom stereocenters. The van der Waals surface area contributed by atoms with E-state index in [0.29, 0.717) is 38.0 Å². The van der Waals surface area contributed by atoms with Gasteiger partial charge in [-0.3, -0.25) is 0 Å². The maximum Gasteiger partial charge on any atom is 0.338 e. The lowest BCUT2D eigenvalue weighted by Gasteiger charge is -2.22. The number of rotatable bonds is 4. The highest BCUT2D eigenvalue weighted by Crippen LogP contribution is 2.23. The van der Waals surface area contributed by atoms with Gasteiger partial charge in [-0.2, -0.15) is 0 Å². The van der Waals surface area contributed by atoms with Crippen LogP contribution in [0.3, 0.4) is 0 Å². The van der Waals surface area contributed by atoms with Gasteiger partial charge in [0.15, 0.2) is 0 Å². The number of benzene rings is 1. The maximum atomic E-state index is 12.1. The second kappa shape index (κ2) is 6.77. The van der Waals surface area contributed by atoms with Crippen LogP contribution in [0.25, 0.3) is 0 Å². The second-order valence-corrected chi connectivity index (χ2v) is 7.37. The van der Waals surface area contributed by atoms with Gasteiger partial charge in [0.2, 0.25) is 0 Å². The van der Waals surface area contributed by atoms with E-state index < -0.39 is 15.0 Å². The molecule has 0 amide bonds. The Labute approximate surface area is 128 Å². The van der Waals surface area contributed by atoms with Crippen molar-refractivity contribution in [1.29, 1.82) is 0 Å². The van der Waals surface area contributed by atoms with Gasteiger partial charge in [0.05, 0.1) is 23.7 Å². The lowest BCUT2D eigenvalue weighted by atomic mass is 10.1. The van der Waals surface area contributed by atoms with E-state index in [1.807, 2.05) is 6.92 Å². The van der Waals surface area contributed by atoms with E-state index in [9.17, 15) is 13.2 Å². The summed E-state index contributed by atoms with van der Waals surface area (Å²) in [7, 11) is 1.52. The number of ether oxygens (including phenoxy) is 2. The van der Waals surface area contributed by atoms with Crippen LogP contribution in [0.15, 0.2) is 23.1 Å². The quantitative estimate of drug-likeness (QED) is 0.626. The van der Waals surface area contributed by atoms with Crippen LogP contribution in [-0.4, -0.2) is 33.7 Å². The van der Waals surface area contributed by atoms with Crippen molar-refractivity contribution in [2.24, 2.45) is 0 Å². The van der Waals surface area contributed by atoms with E-state index in [0.717, 1.165) is 0 Å². The molecule has 2 rings (SSSR count). The smallest absolute Gasteiger partial charge is 0.338 e. The van der Waals surface area contributed by atoms with Crippen molar-refractivity contribution in [2.75, 3.05) is 13.2 Å². The Morgan fingerprint density at radius 1 is 1.38 bits per heavy atom. The van der Waals surface area contributed by atoms with E-state index >= 15 is 0 Å². The van der Waals surface area contributed by atoms with Crippen molar-refractivity contribution >= 4 is 25.7 Å². The number of hydrogen-bond acceptors (Lipinski definition) is 5. The van der Waals surface area contributed by atoms with Crippen LogP contribution in [-0.2, 0) is 24.9 Å². The number of halogens is 1. The van der Waals surface area contributed by atoms with Crippen LogP contribution in [0.4, 0.5) is 0 Å². The van der Waals surface area contributed by atoms with Crippen LogP contribution >= 0.6 is 10.7 Å². The van der Waals surface area contributed by atoms with E-state index in [1.54, 1.807) is 12.1 Å². The summed E-state index contributed by atoms with van der Waals surface area (Å²) in [5, 5.41) is 0. The van der Waals surface area contributed by atoms with Gasteiger partial charge in [0, 0.05) is 23.5 Å². The first-order valence-electron chi connectivity index (χ1n) is 6.78. The molecule has 0 N–H and O–H groups in total. The lowest BCUT2D eigenvalue weighted by molar-refractivity contribution is -0.0159. The Balaban J connectivity index is 2.21. The Morgan fingerprint density at radius 3 is 2.62 bits per heavy atom.